The lowest BCUT2D eigenvalue weighted by Crippen LogP contribution is -2.39. The molecule has 0 atom stereocenters. The topological polar surface area (TPSA) is 49.6 Å². The summed E-state index contributed by atoms with van der Waals surface area (Å²) in [4.78, 5) is 15.6. The quantitative estimate of drug-likeness (QED) is 0.734. The van der Waals surface area contributed by atoms with Crippen molar-refractivity contribution in [3.63, 3.8) is 0 Å². The van der Waals surface area contributed by atoms with E-state index in [-0.39, 0.29) is 6.03 Å². The summed E-state index contributed by atoms with van der Waals surface area (Å²) in [6.07, 6.45) is 2.20. The first-order chi connectivity index (χ1) is 7.70. The van der Waals surface area contributed by atoms with E-state index in [2.05, 4.69) is 0 Å². The summed E-state index contributed by atoms with van der Waals surface area (Å²) in [6, 6.07) is 7.47. The first kappa shape index (κ1) is 10.8. The van der Waals surface area contributed by atoms with Crippen LogP contribution in [0.25, 0.3) is 0 Å². The molecule has 4 heteroatoms. The summed E-state index contributed by atoms with van der Waals surface area (Å²) in [5.74, 6) is 0. The molecule has 0 bridgehead atoms. The molecule has 16 heavy (non-hydrogen) atoms. The maximum absolute atomic E-state index is 12.1. The summed E-state index contributed by atoms with van der Waals surface area (Å²) >= 11 is 0. The third-order valence-electron chi connectivity index (χ3n) is 2.96. The van der Waals surface area contributed by atoms with E-state index in [1.807, 2.05) is 29.2 Å². The number of para-hydroxylation sites is 2. The van der Waals surface area contributed by atoms with Crippen LogP contribution in [0.2, 0.25) is 0 Å². The lowest BCUT2D eigenvalue weighted by atomic mass is 10.2. The van der Waals surface area contributed by atoms with Crippen LogP contribution in [0.5, 0.6) is 0 Å². The molecule has 1 aliphatic heterocycles. The number of hydrogen-bond donors (Lipinski definition) is 1. The van der Waals surface area contributed by atoms with Crippen LogP contribution in [0.4, 0.5) is 16.2 Å². The van der Waals surface area contributed by atoms with Crippen molar-refractivity contribution in [3.8, 4) is 0 Å². The molecule has 1 fully saturated rings. The molecule has 86 valence electrons. The van der Waals surface area contributed by atoms with E-state index >= 15 is 0 Å². The number of likely N-dealkylation sites (tertiary alicyclic amines) is 1. The predicted molar refractivity (Wildman–Crippen MR) is 65.5 cm³/mol. The average Bonchev–Trinajstić information content (AvgIpc) is 2.81. The number of amides is 2. The number of anilines is 2. The highest BCUT2D eigenvalue weighted by molar-refractivity contribution is 5.94. The van der Waals surface area contributed by atoms with Gasteiger partial charge in [-0.3, -0.25) is 4.90 Å². The molecule has 0 spiro atoms. The van der Waals surface area contributed by atoms with Crippen LogP contribution < -0.4 is 10.6 Å². The summed E-state index contributed by atoms with van der Waals surface area (Å²) in [7, 11) is 1.77. The van der Waals surface area contributed by atoms with E-state index in [0.717, 1.165) is 31.6 Å². The van der Waals surface area contributed by atoms with Gasteiger partial charge in [-0.2, -0.15) is 0 Å². The number of rotatable bonds is 1. The maximum atomic E-state index is 12.1. The van der Waals surface area contributed by atoms with Crippen LogP contribution in [0.15, 0.2) is 24.3 Å². The second kappa shape index (κ2) is 4.43. The van der Waals surface area contributed by atoms with Crippen molar-refractivity contribution >= 4 is 17.4 Å². The Bertz CT molecular complexity index is 386. The van der Waals surface area contributed by atoms with Crippen LogP contribution in [-0.4, -0.2) is 31.1 Å². The monoisotopic (exact) mass is 219 g/mol. The number of benzene rings is 1. The van der Waals surface area contributed by atoms with Crippen LogP contribution in [0.3, 0.4) is 0 Å². The number of nitrogens with two attached hydrogens (primary N) is 1. The molecule has 0 unspecified atom stereocenters. The Morgan fingerprint density at radius 3 is 2.56 bits per heavy atom. The van der Waals surface area contributed by atoms with Gasteiger partial charge in [0.1, 0.15) is 0 Å². The number of nitrogen functional groups attached to an aromatic ring is 1. The zero-order chi connectivity index (χ0) is 11.5. The maximum Gasteiger partial charge on any atom is 0.324 e. The number of carbonyl (C=O) groups is 1. The fraction of sp³-hybridized carbons (Fsp3) is 0.417. The molecule has 0 saturated carbocycles. The van der Waals surface area contributed by atoms with Gasteiger partial charge in [-0.15, -0.1) is 0 Å². The minimum absolute atomic E-state index is 0.0374. The predicted octanol–water partition coefficient (Wildman–Crippen LogP) is 1.92. The minimum Gasteiger partial charge on any atom is -0.397 e. The second-order valence-corrected chi connectivity index (χ2v) is 4.09. The van der Waals surface area contributed by atoms with Crippen molar-refractivity contribution in [3.05, 3.63) is 24.3 Å². The highest BCUT2D eigenvalue weighted by Gasteiger charge is 2.22. The van der Waals surface area contributed by atoms with Crippen molar-refractivity contribution in [1.82, 2.24) is 4.90 Å². The highest BCUT2D eigenvalue weighted by Crippen LogP contribution is 2.23. The van der Waals surface area contributed by atoms with Gasteiger partial charge in [-0.1, -0.05) is 12.1 Å². The van der Waals surface area contributed by atoms with Crippen LogP contribution in [0, 0.1) is 0 Å². The molecule has 1 saturated heterocycles. The molecule has 1 aromatic carbocycles. The smallest absolute Gasteiger partial charge is 0.324 e. The van der Waals surface area contributed by atoms with Gasteiger partial charge < -0.3 is 10.6 Å². The van der Waals surface area contributed by atoms with Crippen LogP contribution in [-0.2, 0) is 0 Å². The van der Waals surface area contributed by atoms with Gasteiger partial charge in [-0.25, -0.2) is 4.79 Å². The van der Waals surface area contributed by atoms with Crippen molar-refractivity contribution in [2.75, 3.05) is 30.8 Å². The zero-order valence-corrected chi connectivity index (χ0v) is 9.52. The molecule has 0 aliphatic carbocycles. The highest BCUT2D eigenvalue weighted by atomic mass is 16.2. The van der Waals surface area contributed by atoms with Gasteiger partial charge in [0.2, 0.25) is 0 Å². The molecule has 0 aromatic heterocycles. The Kier molecular flexibility index (Phi) is 2.99. The molecular weight excluding hydrogens is 202 g/mol. The molecule has 1 aliphatic rings. The van der Waals surface area contributed by atoms with Crippen molar-refractivity contribution in [1.29, 1.82) is 0 Å². The normalized spacial score (nSPS) is 15.2. The van der Waals surface area contributed by atoms with E-state index in [9.17, 15) is 4.79 Å². The third-order valence-corrected chi connectivity index (χ3v) is 2.96. The number of carbonyl (C=O) groups excluding carboxylic acids is 1. The third kappa shape index (κ3) is 1.96. The molecular formula is C12H17N3O. The lowest BCUT2D eigenvalue weighted by Gasteiger charge is -2.25. The summed E-state index contributed by atoms with van der Waals surface area (Å²) in [6.45, 7) is 1.71. The number of nitrogens with zero attached hydrogens (tertiary/aromatic N) is 2. The van der Waals surface area contributed by atoms with Crippen LogP contribution in [0.1, 0.15) is 12.8 Å². The van der Waals surface area contributed by atoms with Gasteiger partial charge in [0, 0.05) is 20.1 Å². The summed E-state index contributed by atoms with van der Waals surface area (Å²) < 4.78 is 0. The van der Waals surface area contributed by atoms with Gasteiger partial charge >= 0.3 is 6.03 Å². The van der Waals surface area contributed by atoms with Crippen molar-refractivity contribution < 1.29 is 4.79 Å². The molecule has 2 rings (SSSR count). The Labute approximate surface area is 95.6 Å². The van der Waals surface area contributed by atoms with Gasteiger partial charge in [0.15, 0.2) is 0 Å². The standard InChI is InChI=1S/C12H17N3O/c1-14(11-7-3-2-6-10(11)13)12(16)15-8-4-5-9-15/h2-3,6-7H,4-5,8-9,13H2,1H3. The summed E-state index contributed by atoms with van der Waals surface area (Å²) in [5, 5.41) is 0. The first-order valence-corrected chi connectivity index (χ1v) is 5.57. The Balaban J connectivity index is 2.15. The van der Waals surface area contributed by atoms with E-state index in [1.165, 1.54) is 0 Å². The molecule has 2 N–H and O–H groups in total. The van der Waals surface area contributed by atoms with E-state index in [1.54, 1.807) is 11.9 Å². The largest absolute Gasteiger partial charge is 0.397 e. The fourth-order valence-electron chi connectivity index (χ4n) is 2.02. The fourth-order valence-corrected chi connectivity index (χ4v) is 2.02. The van der Waals surface area contributed by atoms with E-state index in [4.69, 9.17) is 5.73 Å². The van der Waals surface area contributed by atoms with Gasteiger partial charge in [0.05, 0.1) is 11.4 Å². The Morgan fingerprint density at radius 1 is 1.31 bits per heavy atom. The number of hydrogen-bond acceptors (Lipinski definition) is 2. The lowest BCUT2D eigenvalue weighted by molar-refractivity contribution is 0.217. The first-order valence-electron chi connectivity index (χ1n) is 5.57. The minimum atomic E-state index is 0.0374. The van der Waals surface area contributed by atoms with E-state index < -0.39 is 0 Å². The molecule has 0 radical (unpaired) electrons. The van der Waals surface area contributed by atoms with Crippen LogP contribution >= 0.6 is 0 Å². The summed E-state index contributed by atoms with van der Waals surface area (Å²) in [5.41, 5.74) is 7.26. The molecule has 1 heterocycles. The van der Waals surface area contributed by atoms with Gasteiger partial charge in [-0.05, 0) is 25.0 Å². The second-order valence-electron chi connectivity index (χ2n) is 4.09. The van der Waals surface area contributed by atoms with Crippen molar-refractivity contribution in [2.24, 2.45) is 0 Å². The van der Waals surface area contributed by atoms with E-state index in [0.29, 0.717) is 5.69 Å². The molecule has 4 nitrogen and oxygen atoms in total. The Morgan fingerprint density at radius 2 is 1.94 bits per heavy atom. The SMILES string of the molecule is CN(C(=O)N1CCCC1)c1ccccc1N. The zero-order valence-electron chi connectivity index (χ0n) is 9.52. The average molecular weight is 219 g/mol. The van der Waals surface area contributed by atoms with Gasteiger partial charge in [0.25, 0.3) is 0 Å². The van der Waals surface area contributed by atoms with Crippen molar-refractivity contribution in [2.45, 2.75) is 12.8 Å². The molecule has 2 amide bonds. The number of urea groups is 1. The molecule has 1 aromatic rings. The Hall–Kier alpha value is -1.71.